The second-order valence-corrected chi connectivity index (χ2v) is 5.04. The normalized spacial score (nSPS) is 10.1. The van der Waals surface area contributed by atoms with E-state index < -0.39 is 0 Å². The maximum atomic E-state index is 12.1. The summed E-state index contributed by atoms with van der Waals surface area (Å²) in [5.74, 6) is 0.0241. The molecule has 0 radical (unpaired) electrons. The highest BCUT2D eigenvalue weighted by atomic mass is 16.5. The van der Waals surface area contributed by atoms with Crippen molar-refractivity contribution in [3.8, 4) is 11.5 Å². The number of rotatable bonds is 6. The maximum Gasteiger partial charge on any atom is 0.310 e. The van der Waals surface area contributed by atoms with Gasteiger partial charge in [0.05, 0.1) is 5.69 Å². The van der Waals surface area contributed by atoms with E-state index in [0.29, 0.717) is 24.3 Å². The van der Waals surface area contributed by atoms with Crippen molar-refractivity contribution in [3.05, 3.63) is 54.1 Å². The van der Waals surface area contributed by atoms with Crippen LogP contribution >= 0.6 is 0 Å². The van der Waals surface area contributed by atoms with Crippen LogP contribution in [0.5, 0.6) is 11.5 Å². The van der Waals surface area contributed by atoms with Gasteiger partial charge in [-0.05, 0) is 36.2 Å². The average Bonchev–Trinajstić information content (AvgIpc) is 2.56. The minimum Gasteiger partial charge on any atom is -0.508 e. The van der Waals surface area contributed by atoms with Crippen LogP contribution in [0.2, 0.25) is 0 Å². The molecule has 23 heavy (non-hydrogen) atoms. The van der Waals surface area contributed by atoms with Gasteiger partial charge in [-0.2, -0.15) is 0 Å². The third-order valence-corrected chi connectivity index (χ3v) is 3.25. The van der Waals surface area contributed by atoms with Crippen molar-refractivity contribution in [1.82, 2.24) is 0 Å². The predicted molar refractivity (Wildman–Crippen MR) is 87.4 cm³/mol. The zero-order valence-electron chi connectivity index (χ0n) is 12.9. The molecule has 0 heterocycles. The van der Waals surface area contributed by atoms with E-state index in [-0.39, 0.29) is 24.0 Å². The van der Waals surface area contributed by atoms with Gasteiger partial charge in [-0.25, -0.2) is 0 Å². The number of anilines is 1. The predicted octanol–water partition coefficient (Wildman–Crippen LogP) is 3.28. The third kappa shape index (κ3) is 5.14. The number of esters is 1. The Morgan fingerprint density at radius 2 is 1.78 bits per heavy atom. The Morgan fingerprint density at radius 3 is 2.48 bits per heavy atom. The van der Waals surface area contributed by atoms with Crippen LogP contribution in [0.4, 0.5) is 5.69 Å². The van der Waals surface area contributed by atoms with Crippen molar-refractivity contribution in [2.24, 2.45) is 0 Å². The van der Waals surface area contributed by atoms with Crippen molar-refractivity contribution in [2.45, 2.75) is 26.2 Å². The Hall–Kier alpha value is -2.82. The topological polar surface area (TPSA) is 75.6 Å². The first-order valence-electron chi connectivity index (χ1n) is 7.46. The molecule has 5 nitrogen and oxygen atoms in total. The molecule has 120 valence electrons. The summed E-state index contributed by atoms with van der Waals surface area (Å²) in [5, 5.41) is 12.0. The minimum absolute atomic E-state index is 0.168. The fraction of sp³-hybridized carbons (Fsp3) is 0.222. The van der Waals surface area contributed by atoms with Gasteiger partial charge in [-0.1, -0.05) is 31.2 Å². The van der Waals surface area contributed by atoms with E-state index in [4.69, 9.17) is 4.74 Å². The van der Waals surface area contributed by atoms with Crippen molar-refractivity contribution < 1.29 is 19.4 Å². The average molecular weight is 313 g/mol. The Morgan fingerprint density at radius 1 is 1.09 bits per heavy atom. The molecule has 2 aromatic rings. The van der Waals surface area contributed by atoms with Crippen LogP contribution in [-0.4, -0.2) is 17.0 Å². The van der Waals surface area contributed by atoms with Crippen LogP contribution in [0.25, 0.3) is 0 Å². The van der Waals surface area contributed by atoms with Gasteiger partial charge in [-0.3, -0.25) is 9.59 Å². The van der Waals surface area contributed by atoms with Crippen LogP contribution < -0.4 is 10.1 Å². The van der Waals surface area contributed by atoms with E-state index in [2.05, 4.69) is 5.32 Å². The molecule has 0 aromatic heterocycles. The molecule has 0 aliphatic heterocycles. The molecule has 0 spiro atoms. The van der Waals surface area contributed by atoms with Gasteiger partial charge in [0.15, 0.2) is 5.75 Å². The molecule has 1 amide bonds. The quantitative estimate of drug-likeness (QED) is 0.634. The summed E-state index contributed by atoms with van der Waals surface area (Å²) in [6, 6.07) is 13.6. The van der Waals surface area contributed by atoms with Gasteiger partial charge in [0.2, 0.25) is 5.91 Å². The minimum atomic E-state index is -0.351. The maximum absolute atomic E-state index is 12.1. The number of hydrogen-bond acceptors (Lipinski definition) is 4. The molecular formula is C18H19NO4. The molecule has 2 N–H and O–H groups in total. The first-order chi connectivity index (χ1) is 11.1. The zero-order chi connectivity index (χ0) is 16.7. The van der Waals surface area contributed by atoms with Crippen LogP contribution in [0, 0.1) is 0 Å². The van der Waals surface area contributed by atoms with Crippen molar-refractivity contribution in [2.75, 3.05) is 5.32 Å². The number of carbonyl (C=O) groups excluding carboxylic acids is 2. The molecule has 0 aliphatic rings. The summed E-state index contributed by atoms with van der Waals surface area (Å²) in [5.41, 5.74) is 1.44. The van der Waals surface area contributed by atoms with Gasteiger partial charge in [-0.15, -0.1) is 0 Å². The summed E-state index contributed by atoms with van der Waals surface area (Å²) < 4.78 is 5.19. The summed E-state index contributed by atoms with van der Waals surface area (Å²) in [4.78, 5) is 23.5. The molecule has 0 fully saturated rings. The van der Waals surface area contributed by atoms with Crippen LogP contribution in [0.15, 0.2) is 48.5 Å². The lowest BCUT2D eigenvalue weighted by molar-refractivity contribution is -0.134. The van der Waals surface area contributed by atoms with Gasteiger partial charge in [0.1, 0.15) is 5.75 Å². The van der Waals surface area contributed by atoms with E-state index >= 15 is 0 Å². The number of amides is 1. The molecule has 5 heteroatoms. The Bertz CT molecular complexity index is 680. The van der Waals surface area contributed by atoms with Crippen LogP contribution in [-0.2, 0) is 16.0 Å². The second kappa shape index (κ2) is 7.98. The molecule has 0 saturated heterocycles. The number of aromatic hydroxyl groups is 1. The lowest BCUT2D eigenvalue weighted by Crippen LogP contribution is -2.14. The van der Waals surface area contributed by atoms with Gasteiger partial charge < -0.3 is 15.2 Å². The van der Waals surface area contributed by atoms with Crippen molar-refractivity contribution >= 4 is 17.6 Å². The molecule has 2 rings (SSSR count). The number of hydrogen-bond donors (Lipinski definition) is 2. The highest BCUT2D eigenvalue weighted by Crippen LogP contribution is 2.24. The standard InChI is InChI=1S/C18H19NO4/c1-2-18(22)23-16-6-4-3-5-15(16)19-17(21)12-9-13-7-10-14(20)11-8-13/h3-8,10-11,20H,2,9,12H2,1H3,(H,19,21). The Balaban J connectivity index is 1.94. The lowest BCUT2D eigenvalue weighted by Gasteiger charge is -2.11. The number of para-hydroxylation sites is 2. The Kier molecular flexibility index (Phi) is 5.74. The number of aryl methyl sites for hydroxylation is 1. The van der Waals surface area contributed by atoms with E-state index in [1.165, 1.54) is 0 Å². The summed E-state index contributed by atoms with van der Waals surface area (Å²) in [7, 11) is 0. The van der Waals surface area contributed by atoms with E-state index in [1.54, 1.807) is 55.5 Å². The SMILES string of the molecule is CCC(=O)Oc1ccccc1NC(=O)CCc1ccc(O)cc1. The first kappa shape index (κ1) is 16.5. The van der Waals surface area contributed by atoms with Gasteiger partial charge in [0, 0.05) is 12.8 Å². The van der Waals surface area contributed by atoms with Gasteiger partial charge >= 0.3 is 5.97 Å². The summed E-state index contributed by atoms with van der Waals surface area (Å²) >= 11 is 0. The molecule has 0 unspecified atom stereocenters. The molecule has 0 aliphatic carbocycles. The van der Waals surface area contributed by atoms with E-state index in [0.717, 1.165) is 5.56 Å². The number of phenolic OH excluding ortho intramolecular Hbond substituents is 1. The number of carbonyl (C=O) groups is 2. The van der Waals surface area contributed by atoms with Crippen LogP contribution in [0.3, 0.4) is 0 Å². The largest absolute Gasteiger partial charge is 0.508 e. The smallest absolute Gasteiger partial charge is 0.310 e. The van der Waals surface area contributed by atoms with Crippen molar-refractivity contribution in [1.29, 1.82) is 0 Å². The zero-order valence-corrected chi connectivity index (χ0v) is 12.9. The number of benzene rings is 2. The third-order valence-electron chi connectivity index (χ3n) is 3.25. The van der Waals surface area contributed by atoms with E-state index in [9.17, 15) is 14.7 Å². The van der Waals surface area contributed by atoms with Gasteiger partial charge in [0.25, 0.3) is 0 Å². The fourth-order valence-corrected chi connectivity index (χ4v) is 1.99. The van der Waals surface area contributed by atoms with E-state index in [1.807, 2.05) is 0 Å². The molecular weight excluding hydrogens is 294 g/mol. The number of ether oxygens (including phenoxy) is 1. The summed E-state index contributed by atoms with van der Waals surface area (Å²) in [6.07, 6.45) is 1.12. The second-order valence-electron chi connectivity index (χ2n) is 5.04. The highest BCUT2D eigenvalue weighted by molar-refractivity contribution is 5.93. The monoisotopic (exact) mass is 313 g/mol. The molecule has 0 saturated carbocycles. The Labute approximate surface area is 134 Å². The molecule has 0 atom stereocenters. The summed E-state index contributed by atoms with van der Waals surface area (Å²) in [6.45, 7) is 1.71. The highest BCUT2D eigenvalue weighted by Gasteiger charge is 2.10. The molecule has 2 aromatic carbocycles. The fourth-order valence-electron chi connectivity index (χ4n) is 1.99. The first-order valence-corrected chi connectivity index (χ1v) is 7.46. The molecule has 0 bridgehead atoms. The van der Waals surface area contributed by atoms with Crippen LogP contribution in [0.1, 0.15) is 25.3 Å². The lowest BCUT2D eigenvalue weighted by atomic mass is 10.1. The van der Waals surface area contributed by atoms with Crippen molar-refractivity contribution in [3.63, 3.8) is 0 Å². The number of phenols is 1. The number of nitrogens with one attached hydrogen (secondary N) is 1.